The minimum absolute atomic E-state index is 0.0861. The van der Waals surface area contributed by atoms with Crippen molar-refractivity contribution in [3.05, 3.63) is 35.4 Å². The zero-order valence-corrected chi connectivity index (χ0v) is 12.7. The Labute approximate surface area is 133 Å². The lowest BCUT2D eigenvalue weighted by Crippen LogP contribution is -2.52. The van der Waals surface area contributed by atoms with Gasteiger partial charge in [-0.05, 0) is 12.5 Å². The number of carbonyl (C=O) groups excluding carboxylic acids is 3. The monoisotopic (exact) mass is 318 g/mol. The van der Waals surface area contributed by atoms with Crippen molar-refractivity contribution in [3.63, 3.8) is 0 Å². The van der Waals surface area contributed by atoms with E-state index in [9.17, 15) is 19.2 Å². The molecule has 1 aliphatic heterocycles. The Bertz CT molecular complexity index is 638. The van der Waals surface area contributed by atoms with E-state index in [-0.39, 0.29) is 13.0 Å². The summed E-state index contributed by atoms with van der Waals surface area (Å²) >= 11 is 0. The van der Waals surface area contributed by atoms with Crippen molar-refractivity contribution < 1.29 is 24.3 Å². The van der Waals surface area contributed by atoms with Crippen molar-refractivity contribution in [1.29, 1.82) is 0 Å². The summed E-state index contributed by atoms with van der Waals surface area (Å²) in [6.45, 7) is 1.91. The number of aliphatic carboxylic acids is 1. The van der Waals surface area contributed by atoms with Gasteiger partial charge in [0.05, 0.1) is 0 Å². The van der Waals surface area contributed by atoms with Crippen molar-refractivity contribution in [2.75, 3.05) is 13.1 Å². The average molecular weight is 318 g/mol. The van der Waals surface area contributed by atoms with Gasteiger partial charge in [0.1, 0.15) is 6.54 Å². The van der Waals surface area contributed by atoms with Gasteiger partial charge in [-0.15, -0.1) is 0 Å². The fraction of sp³-hybridized carbons (Fsp3) is 0.375. The number of likely N-dealkylation sites (tertiary alicyclic amines) is 1. The number of Topliss-reactive ketones (excluding diaryl/α,β-unsaturated/α-hetero) is 1. The van der Waals surface area contributed by atoms with E-state index in [1.807, 2.05) is 31.2 Å². The van der Waals surface area contributed by atoms with Gasteiger partial charge >= 0.3 is 5.97 Å². The van der Waals surface area contributed by atoms with E-state index in [2.05, 4.69) is 5.32 Å². The standard InChI is InChI=1S/C16H18N2O5/c1-10-2-4-11(5-3-10)9-18-7-6-12(19)14(16(18)23)15(22)17-8-13(20)21/h2-5,14H,6-9H2,1H3,(H,17,22)(H,20,21). The summed E-state index contributed by atoms with van der Waals surface area (Å²) in [5, 5.41) is 10.7. The third-order valence-electron chi connectivity index (χ3n) is 3.68. The highest BCUT2D eigenvalue weighted by Gasteiger charge is 2.40. The smallest absolute Gasteiger partial charge is 0.322 e. The van der Waals surface area contributed by atoms with E-state index in [0.717, 1.165) is 11.1 Å². The summed E-state index contributed by atoms with van der Waals surface area (Å²) in [4.78, 5) is 48.1. The second-order valence-electron chi connectivity index (χ2n) is 5.51. The maximum absolute atomic E-state index is 12.4. The Kier molecular flexibility index (Phi) is 5.10. The number of rotatable bonds is 5. The first-order valence-corrected chi connectivity index (χ1v) is 7.25. The van der Waals surface area contributed by atoms with Crippen LogP contribution in [0.25, 0.3) is 0 Å². The number of carboxylic acids is 1. The van der Waals surface area contributed by atoms with Gasteiger partial charge in [0.25, 0.3) is 0 Å². The zero-order valence-electron chi connectivity index (χ0n) is 12.7. The summed E-state index contributed by atoms with van der Waals surface area (Å²) in [5.74, 6) is -4.59. The summed E-state index contributed by atoms with van der Waals surface area (Å²) in [5.41, 5.74) is 2.00. The first-order chi connectivity index (χ1) is 10.9. The molecule has 1 fully saturated rings. The van der Waals surface area contributed by atoms with E-state index in [4.69, 9.17) is 5.11 Å². The van der Waals surface area contributed by atoms with Crippen molar-refractivity contribution in [2.45, 2.75) is 19.9 Å². The van der Waals surface area contributed by atoms with E-state index in [1.54, 1.807) is 0 Å². The lowest BCUT2D eigenvalue weighted by atomic mass is 9.94. The minimum Gasteiger partial charge on any atom is -0.480 e. The van der Waals surface area contributed by atoms with E-state index in [0.29, 0.717) is 6.54 Å². The molecule has 2 amide bonds. The molecule has 1 unspecified atom stereocenters. The largest absolute Gasteiger partial charge is 0.480 e. The molecule has 7 nitrogen and oxygen atoms in total. The number of nitrogens with one attached hydrogen (secondary N) is 1. The normalized spacial score (nSPS) is 18.0. The summed E-state index contributed by atoms with van der Waals surface area (Å²) < 4.78 is 0. The van der Waals surface area contributed by atoms with Crippen LogP contribution in [0.4, 0.5) is 0 Å². The molecule has 1 aromatic carbocycles. The molecule has 1 aliphatic rings. The Morgan fingerprint density at radius 1 is 1.26 bits per heavy atom. The lowest BCUT2D eigenvalue weighted by Gasteiger charge is -2.30. The number of piperidine rings is 1. The van der Waals surface area contributed by atoms with E-state index < -0.39 is 36.0 Å². The van der Waals surface area contributed by atoms with Gasteiger partial charge < -0.3 is 15.3 Å². The fourth-order valence-corrected chi connectivity index (χ4v) is 2.41. The van der Waals surface area contributed by atoms with Crippen LogP contribution in [0.2, 0.25) is 0 Å². The van der Waals surface area contributed by atoms with Gasteiger partial charge in [0, 0.05) is 19.5 Å². The third kappa shape index (κ3) is 4.15. The Morgan fingerprint density at radius 2 is 1.91 bits per heavy atom. The fourth-order valence-electron chi connectivity index (χ4n) is 2.41. The first-order valence-electron chi connectivity index (χ1n) is 7.25. The van der Waals surface area contributed by atoms with Gasteiger partial charge in [-0.2, -0.15) is 0 Å². The van der Waals surface area contributed by atoms with Crippen LogP contribution in [0.1, 0.15) is 17.5 Å². The zero-order chi connectivity index (χ0) is 17.0. The molecule has 0 radical (unpaired) electrons. The second-order valence-corrected chi connectivity index (χ2v) is 5.51. The quantitative estimate of drug-likeness (QED) is 0.750. The number of amides is 2. The molecule has 1 atom stereocenters. The molecule has 0 bridgehead atoms. The highest BCUT2D eigenvalue weighted by molar-refractivity contribution is 6.19. The number of carbonyl (C=O) groups is 4. The summed E-state index contributed by atoms with van der Waals surface area (Å²) in [7, 11) is 0. The first kappa shape index (κ1) is 16.7. The number of carboxylic acid groups (broad SMARTS) is 1. The molecule has 1 aromatic rings. The highest BCUT2D eigenvalue weighted by Crippen LogP contribution is 2.18. The number of hydrogen-bond donors (Lipinski definition) is 2. The Morgan fingerprint density at radius 3 is 2.52 bits per heavy atom. The van der Waals surface area contributed by atoms with Crippen LogP contribution >= 0.6 is 0 Å². The predicted molar refractivity (Wildman–Crippen MR) is 80.4 cm³/mol. The topological polar surface area (TPSA) is 104 Å². The van der Waals surface area contributed by atoms with Gasteiger partial charge in [-0.1, -0.05) is 29.8 Å². The lowest BCUT2D eigenvalue weighted by molar-refractivity contribution is -0.152. The van der Waals surface area contributed by atoms with Crippen LogP contribution in [0, 0.1) is 12.8 Å². The Hall–Kier alpha value is -2.70. The predicted octanol–water partition coefficient (Wildman–Crippen LogP) is 0.113. The number of nitrogens with zero attached hydrogens (tertiary/aromatic N) is 1. The number of benzene rings is 1. The molecule has 2 rings (SSSR count). The average Bonchev–Trinajstić information content (AvgIpc) is 2.50. The molecule has 7 heteroatoms. The summed E-state index contributed by atoms with van der Waals surface area (Å²) in [6, 6.07) is 7.62. The van der Waals surface area contributed by atoms with Crippen LogP contribution in [0.3, 0.4) is 0 Å². The highest BCUT2D eigenvalue weighted by atomic mass is 16.4. The molecule has 1 heterocycles. The molecule has 0 spiro atoms. The molecule has 122 valence electrons. The molecule has 0 saturated carbocycles. The van der Waals surface area contributed by atoms with Gasteiger partial charge in [-0.3, -0.25) is 19.2 Å². The van der Waals surface area contributed by atoms with Crippen LogP contribution < -0.4 is 5.32 Å². The molecule has 0 aromatic heterocycles. The van der Waals surface area contributed by atoms with Gasteiger partial charge in [-0.25, -0.2) is 0 Å². The SMILES string of the molecule is Cc1ccc(CN2CCC(=O)C(C(=O)NCC(=O)O)C2=O)cc1. The number of hydrogen-bond acceptors (Lipinski definition) is 4. The molecule has 23 heavy (non-hydrogen) atoms. The van der Waals surface area contributed by atoms with Crippen molar-refractivity contribution in [2.24, 2.45) is 5.92 Å². The molecule has 0 aliphatic carbocycles. The van der Waals surface area contributed by atoms with Crippen molar-refractivity contribution >= 4 is 23.6 Å². The van der Waals surface area contributed by atoms with Crippen LogP contribution in [0.15, 0.2) is 24.3 Å². The Balaban J connectivity index is 2.07. The van der Waals surface area contributed by atoms with Gasteiger partial charge in [0.2, 0.25) is 11.8 Å². The molecule has 2 N–H and O–H groups in total. The van der Waals surface area contributed by atoms with Crippen LogP contribution in [0.5, 0.6) is 0 Å². The van der Waals surface area contributed by atoms with E-state index >= 15 is 0 Å². The van der Waals surface area contributed by atoms with Crippen LogP contribution in [-0.4, -0.2) is 46.7 Å². The van der Waals surface area contributed by atoms with Crippen molar-refractivity contribution in [3.8, 4) is 0 Å². The molecular weight excluding hydrogens is 300 g/mol. The van der Waals surface area contributed by atoms with E-state index in [1.165, 1.54) is 4.90 Å². The number of aryl methyl sites for hydroxylation is 1. The van der Waals surface area contributed by atoms with Gasteiger partial charge in [0.15, 0.2) is 11.7 Å². The summed E-state index contributed by atoms with van der Waals surface area (Å²) in [6.07, 6.45) is 0.0861. The molecular formula is C16H18N2O5. The third-order valence-corrected chi connectivity index (χ3v) is 3.68. The second kappa shape index (κ2) is 7.04. The molecule has 1 saturated heterocycles. The van der Waals surface area contributed by atoms with Crippen molar-refractivity contribution in [1.82, 2.24) is 10.2 Å². The minimum atomic E-state index is -1.45. The maximum Gasteiger partial charge on any atom is 0.322 e. The maximum atomic E-state index is 12.4. The number of ketones is 1. The van der Waals surface area contributed by atoms with Crippen LogP contribution in [-0.2, 0) is 25.7 Å².